The molecule has 0 spiro atoms. The van der Waals surface area contributed by atoms with Crippen molar-refractivity contribution in [1.82, 2.24) is 4.90 Å². The van der Waals surface area contributed by atoms with Crippen LogP contribution < -0.4 is 9.47 Å². The second-order valence-corrected chi connectivity index (χ2v) is 11.1. The molecule has 1 heterocycles. The van der Waals surface area contributed by atoms with Crippen LogP contribution in [0.15, 0.2) is 78.9 Å². The van der Waals surface area contributed by atoms with Gasteiger partial charge in [0.1, 0.15) is 17.5 Å². The van der Waals surface area contributed by atoms with Gasteiger partial charge >= 0.3 is 11.9 Å². The summed E-state index contributed by atoms with van der Waals surface area (Å²) in [5.41, 5.74) is 1.31. The molecule has 4 unspecified atom stereocenters. The molecule has 4 atom stereocenters. The molecule has 0 N–H and O–H groups in total. The Labute approximate surface area is 249 Å². The van der Waals surface area contributed by atoms with E-state index in [0.29, 0.717) is 30.1 Å². The van der Waals surface area contributed by atoms with Crippen molar-refractivity contribution in [2.45, 2.75) is 38.6 Å². The average molecular weight is 584 g/mol. The Morgan fingerprint density at radius 2 is 1.56 bits per heavy atom. The van der Waals surface area contributed by atoms with Crippen LogP contribution in [0, 0.1) is 17.8 Å². The van der Waals surface area contributed by atoms with Crippen molar-refractivity contribution in [2.75, 3.05) is 13.7 Å². The molecule has 9 nitrogen and oxygen atoms in total. The van der Waals surface area contributed by atoms with Crippen molar-refractivity contribution in [2.24, 2.45) is 17.8 Å². The zero-order valence-corrected chi connectivity index (χ0v) is 24.1. The van der Waals surface area contributed by atoms with Crippen LogP contribution in [0.5, 0.6) is 11.5 Å². The molecule has 222 valence electrons. The molecule has 0 bridgehead atoms. The number of imide groups is 1. The maximum absolute atomic E-state index is 13.4. The van der Waals surface area contributed by atoms with Crippen LogP contribution in [0.3, 0.4) is 0 Å². The van der Waals surface area contributed by atoms with Crippen molar-refractivity contribution in [3.05, 3.63) is 95.6 Å². The van der Waals surface area contributed by atoms with Gasteiger partial charge in [-0.15, -0.1) is 0 Å². The van der Waals surface area contributed by atoms with Gasteiger partial charge < -0.3 is 14.2 Å². The smallest absolute Gasteiger partial charge is 0.343 e. The first-order chi connectivity index (χ1) is 20.7. The Kier molecular flexibility index (Phi) is 8.99. The molecular weight excluding hydrogens is 550 g/mol. The van der Waals surface area contributed by atoms with Gasteiger partial charge in [0.15, 0.2) is 12.4 Å². The number of esters is 2. The summed E-state index contributed by atoms with van der Waals surface area (Å²) >= 11 is 0. The minimum atomic E-state index is -1.17. The van der Waals surface area contributed by atoms with E-state index in [0.717, 1.165) is 16.9 Å². The quantitative estimate of drug-likeness (QED) is 0.146. The summed E-state index contributed by atoms with van der Waals surface area (Å²) in [5, 5.41) is 0. The second-order valence-electron chi connectivity index (χ2n) is 11.1. The number of carbonyl (C=O) groups excluding carboxylic acids is 5. The first kappa shape index (κ1) is 29.7. The van der Waals surface area contributed by atoms with E-state index in [1.807, 2.05) is 30.3 Å². The fourth-order valence-electron chi connectivity index (χ4n) is 5.78. The fourth-order valence-corrected chi connectivity index (χ4v) is 5.78. The van der Waals surface area contributed by atoms with E-state index in [2.05, 4.69) is 6.92 Å². The predicted molar refractivity (Wildman–Crippen MR) is 155 cm³/mol. The summed E-state index contributed by atoms with van der Waals surface area (Å²) in [6.07, 6.45) is 2.18. The highest BCUT2D eigenvalue weighted by molar-refractivity contribution is 6.08. The number of nitrogens with zero attached hydrogens (tertiary/aromatic N) is 1. The Bertz CT molecular complexity index is 1520. The number of ether oxygens (including phenoxy) is 3. The number of hydrogen-bond donors (Lipinski definition) is 0. The predicted octanol–water partition coefficient (Wildman–Crippen LogP) is 4.67. The Balaban J connectivity index is 1.24. The van der Waals surface area contributed by atoms with Gasteiger partial charge in [0.25, 0.3) is 0 Å². The molecule has 2 fully saturated rings. The number of hydrogen-bond acceptors (Lipinski definition) is 8. The summed E-state index contributed by atoms with van der Waals surface area (Å²) in [6.45, 7) is 1.49. The van der Waals surface area contributed by atoms with E-state index in [4.69, 9.17) is 14.2 Å². The molecule has 1 aliphatic heterocycles. The molecule has 1 saturated heterocycles. The number of Topliss-reactive ketones (excluding diaryl/α,β-unsaturated/α-hetero) is 1. The zero-order valence-electron chi connectivity index (χ0n) is 24.1. The highest BCUT2D eigenvalue weighted by Crippen LogP contribution is 2.41. The molecule has 2 aliphatic rings. The van der Waals surface area contributed by atoms with Crippen LogP contribution in [0.4, 0.5) is 0 Å². The number of ketones is 1. The van der Waals surface area contributed by atoms with Crippen LogP contribution in [-0.2, 0) is 25.5 Å². The lowest BCUT2D eigenvalue weighted by atomic mass is 9.76. The highest BCUT2D eigenvalue weighted by atomic mass is 16.5. The first-order valence-electron chi connectivity index (χ1n) is 14.3. The Morgan fingerprint density at radius 1 is 0.837 bits per heavy atom. The van der Waals surface area contributed by atoms with E-state index in [9.17, 15) is 24.0 Å². The van der Waals surface area contributed by atoms with Gasteiger partial charge in [0, 0.05) is 12.0 Å². The number of methoxy groups -OCH3 is 1. The number of fused-ring (bicyclic) bond motifs is 1. The van der Waals surface area contributed by atoms with Crippen molar-refractivity contribution >= 4 is 29.5 Å². The summed E-state index contributed by atoms with van der Waals surface area (Å²) in [6, 6.07) is 20.3. The minimum absolute atomic E-state index is 0.0910. The minimum Gasteiger partial charge on any atom is -0.497 e. The SMILES string of the molecule is COc1cccc(C(=O)Oc2ccc(C(=O)COC(=O)C(Cc3ccccc3)N3C(=O)C4CCC(C)CC4C3=O)cc2)c1. The molecular formula is C34H33NO8. The standard InChI is InChI=1S/C34H33NO8/c1-21-11-16-27-28(17-21)32(38)35(31(27)37)29(18-22-7-4-3-5-8-22)34(40)42-20-30(36)23-12-14-25(15-13-23)43-33(39)24-9-6-10-26(19-24)41-2/h3-10,12-15,19,21,27-29H,11,16-18,20H2,1-2H3. The molecule has 2 amide bonds. The molecule has 0 aromatic heterocycles. The summed E-state index contributed by atoms with van der Waals surface area (Å²) in [7, 11) is 1.50. The van der Waals surface area contributed by atoms with Gasteiger partial charge in [0.2, 0.25) is 11.8 Å². The van der Waals surface area contributed by atoms with Gasteiger partial charge in [0.05, 0.1) is 24.5 Å². The van der Waals surface area contributed by atoms with Gasteiger partial charge in [-0.05, 0) is 73.2 Å². The van der Waals surface area contributed by atoms with Crippen LogP contribution in [-0.4, -0.2) is 54.2 Å². The zero-order chi connectivity index (χ0) is 30.5. The largest absolute Gasteiger partial charge is 0.497 e. The summed E-state index contributed by atoms with van der Waals surface area (Å²) in [4.78, 5) is 66.6. The fraction of sp³-hybridized carbons (Fsp3) is 0.324. The molecule has 1 saturated carbocycles. The van der Waals surface area contributed by atoms with E-state index in [1.165, 1.54) is 31.4 Å². The third kappa shape index (κ3) is 6.66. The third-order valence-corrected chi connectivity index (χ3v) is 8.12. The van der Waals surface area contributed by atoms with Crippen molar-refractivity contribution in [3.63, 3.8) is 0 Å². The van der Waals surface area contributed by atoms with Crippen molar-refractivity contribution in [3.8, 4) is 11.5 Å². The topological polar surface area (TPSA) is 116 Å². The van der Waals surface area contributed by atoms with Crippen LogP contribution in [0.1, 0.15) is 52.5 Å². The van der Waals surface area contributed by atoms with Crippen molar-refractivity contribution < 1.29 is 38.2 Å². The van der Waals surface area contributed by atoms with Crippen LogP contribution in [0.25, 0.3) is 0 Å². The normalized spacial score (nSPS) is 20.2. The Morgan fingerprint density at radius 3 is 2.28 bits per heavy atom. The molecule has 9 heteroatoms. The number of amides is 2. The molecule has 5 rings (SSSR count). The third-order valence-electron chi connectivity index (χ3n) is 8.12. The summed E-state index contributed by atoms with van der Waals surface area (Å²) in [5.74, 6) is -2.35. The Hall–Kier alpha value is -4.79. The second kappa shape index (κ2) is 13.0. The lowest BCUT2D eigenvalue weighted by molar-refractivity contribution is -0.158. The number of likely N-dealkylation sites (tertiary alicyclic amines) is 1. The maximum Gasteiger partial charge on any atom is 0.343 e. The van der Waals surface area contributed by atoms with E-state index >= 15 is 0 Å². The van der Waals surface area contributed by atoms with Gasteiger partial charge in [-0.3, -0.25) is 19.3 Å². The van der Waals surface area contributed by atoms with Gasteiger partial charge in [-0.1, -0.05) is 43.3 Å². The number of benzene rings is 3. The van der Waals surface area contributed by atoms with E-state index < -0.39 is 42.2 Å². The van der Waals surface area contributed by atoms with Gasteiger partial charge in [-0.25, -0.2) is 9.59 Å². The highest BCUT2D eigenvalue weighted by Gasteiger charge is 2.53. The summed E-state index contributed by atoms with van der Waals surface area (Å²) < 4.78 is 15.9. The molecule has 0 radical (unpaired) electrons. The van der Waals surface area contributed by atoms with E-state index in [1.54, 1.807) is 24.3 Å². The monoisotopic (exact) mass is 583 g/mol. The molecule has 1 aliphatic carbocycles. The lowest BCUT2D eigenvalue weighted by Crippen LogP contribution is -2.48. The van der Waals surface area contributed by atoms with E-state index in [-0.39, 0.29) is 29.5 Å². The average Bonchev–Trinajstić information content (AvgIpc) is 3.27. The first-order valence-corrected chi connectivity index (χ1v) is 14.3. The molecule has 3 aromatic carbocycles. The number of carbonyl (C=O) groups is 5. The molecule has 3 aromatic rings. The van der Waals surface area contributed by atoms with Crippen molar-refractivity contribution in [1.29, 1.82) is 0 Å². The van der Waals surface area contributed by atoms with Gasteiger partial charge in [-0.2, -0.15) is 0 Å². The molecule has 43 heavy (non-hydrogen) atoms. The van der Waals surface area contributed by atoms with Crippen LogP contribution in [0.2, 0.25) is 0 Å². The lowest BCUT2D eigenvalue weighted by Gasteiger charge is -2.25. The maximum atomic E-state index is 13.4. The number of rotatable bonds is 10. The van der Waals surface area contributed by atoms with Crippen LogP contribution >= 0.6 is 0 Å².